The third-order valence-corrected chi connectivity index (χ3v) is 4.84. The van der Waals surface area contributed by atoms with Crippen LogP contribution in [-0.2, 0) is 17.8 Å². The second kappa shape index (κ2) is 5.68. The van der Waals surface area contributed by atoms with Gasteiger partial charge in [-0.1, -0.05) is 60.2 Å². The Hall–Kier alpha value is -2.81. The topological polar surface area (TPSA) is 40.5 Å². The highest BCUT2D eigenvalue weighted by Gasteiger charge is 2.34. The van der Waals surface area contributed by atoms with Crippen molar-refractivity contribution in [2.75, 3.05) is 4.90 Å². The number of anilines is 1. The van der Waals surface area contributed by atoms with Gasteiger partial charge >= 0.3 is 5.97 Å². The number of carboxylic acids is 1. The molecule has 1 aliphatic rings. The molecule has 0 saturated carbocycles. The van der Waals surface area contributed by atoms with Gasteiger partial charge in [0, 0.05) is 18.7 Å². The molecule has 1 heterocycles. The molecule has 0 radical (unpaired) electrons. The fraction of sp³-hybridized carbons (Fsp3) is 0.190. The molecule has 1 unspecified atom stereocenters. The van der Waals surface area contributed by atoms with Gasteiger partial charge in [-0.2, -0.15) is 0 Å². The van der Waals surface area contributed by atoms with Crippen LogP contribution >= 0.6 is 0 Å². The minimum atomic E-state index is -0.761. The Balaban J connectivity index is 1.79. The summed E-state index contributed by atoms with van der Waals surface area (Å²) in [4.78, 5) is 13.8. The first-order chi connectivity index (χ1) is 11.6. The van der Waals surface area contributed by atoms with Crippen LogP contribution in [0.4, 0.5) is 5.69 Å². The van der Waals surface area contributed by atoms with Gasteiger partial charge in [-0.15, -0.1) is 0 Å². The van der Waals surface area contributed by atoms with E-state index >= 15 is 0 Å². The number of carboxylic acid groups (broad SMARTS) is 1. The third kappa shape index (κ3) is 2.42. The maximum atomic E-state index is 11.7. The predicted octanol–water partition coefficient (Wildman–Crippen LogP) is 4.16. The van der Waals surface area contributed by atoms with Gasteiger partial charge in [-0.05, 0) is 34.9 Å². The Bertz CT molecular complexity index is 932. The van der Waals surface area contributed by atoms with Gasteiger partial charge in [0.05, 0.1) is 0 Å². The minimum Gasteiger partial charge on any atom is -0.480 e. The highest BCUT2D eigenvalue weighted by molar-refractivity contribution is 5.88. The largest absolute Gasteiger partial charge is 0.480 e. The Morgan fingerprint density at radius 3 is 2.79 bits per heavy atom. The zero-order chi connectivity index (χ0) is 16.7. The van der Waals surface area contributed by atoms with E-state index in [0.717, 1.165) is 11.3 Å². The van der Waals surface area contributed by atoms with E-state index in [1.807, 2.05) is 35.2 Å². The smallest absolute Gasteiger partial charge is 0.326 e. The SMILES string of the molecule is Cc1ccc2cccc(CN3c4ccccc4CC3C(=O)O)c2c1. The maximum absolute atomic E-state index is 11.7. The average Bonchev–Trinajstić information content (AvgIpc) is 2.94. The predicted molar refractivity (Wildman–Crippen MR) is 96.4 cm³/mol. The van der Waals surface area contributed by atoms with Crippen molar-refractivity contribution in [3.63, 3.8) is 0 Å². The van der Waals surface area contributed by atoms with Crippen molar-refractivity contribution in [2.24, 2.45) is 0 Å². The van der Waals surface area contributed by atoms with E-state index in [-0.39, 0.29) is 0 Å². The van der Waals surface area contributed by atoms with Gasteiger partial charge in [0.15, 0.2) is 0 Å². The second-order valence-electron chi connectivity index (χ2n) is 6.46. The number of aliphatic carboxylic acids is 1. The summed E-state index contributed by atoms with van der Waals surface area (Å²) in [7, 11) is 0. The molecule has 0 saturated heterocycles. The van der Waals surface area contributed by atoms with Gasteiger partial charge in [-0.25, -0.2) is 4.79 Å². The molecule has 1 N–H and O–H groups in total. The molecule has 120 valence electrons. The number of benzene rings is 3. The fourth-order valence-electron chi connectivity index (χ4n) is 3.64. The molecule has 0 fully saturated rings. The van der Waals surface area contributed by atoms with Crippen LogP contribution in [-0.4, -0.2) is 17.1 Å². The molecular weight excluding hydrogens is 298 g/mol. The van der Waals surface area contributed by atoms with Crippen LogP contribution < -0.4 is 4.90 Å². The standard InChI is InChI=1S/C21H19NO2/c1-14-9-10-15-6-4-7-17(18(15)11-14)13-22-19-8-3-2-5-16(19)12-20(22)21(23)24/h2-11,20H,12-13H2,1H3,(H,23,24). The molecule has 4 rings (SSSR count). The summed E-state index contributed by atoms with van der Waals surface area (Å²) in [6, 6.07) is 20.2. The molecule has 3 aromatic rings. The first-order valence-electron chi connectivity index (χ1n) is 8.19. The molecule has 24 heavy (non-hydrogen) atoms. The van der Waals surface area contributed by atoms with Crippen LogP contribution in [0.5, 0.6) is 0 Å². The summed E-state index contributed by atoms with van der Waals surface area (Å²) in [5.74, 6) is -0.761. The highest BCUT2D eigenvalue weighted by Crippen LogP contribution is 2.34. The molecule has 0 aliphatic carbocycles. The Morgan fingerprint density at radius 2 is 1.96 bits per heavy atom. The number of rotatable bonds is 3. The van der Waals surface area contributed by atoms with Crippen molar-refractivity contribution in [2.45, 2.75) is 25.9 Å². The Labute approximate surface area is 141 Å². The lowest BCUT2D eigenvalue weighted by atomic mass is 10.0. The molecule has 1 aliphatic heterocycles. The lowest BCUT2D eigenvalue weighted by Crippen LogP contribution is -2.38. The fourth-order valence-corrected chi connectivity index (χ4v) is 3.64. The summed E-state index contributed by atoms with van der Waals surface area (Å²) in [6.07, 6.45) is 0.565. The van der Waals surface area contributed by atoms with Gasteiger partial charge in [0.1, 0.15) is 6.04 Å². The Morgan fingerprint density at radius 1 is 1.12 bits per heavy atom. The van der Waals surface area contributed by atoms with E-state index in [9.17, 15) is 9.90 Å². The summed E-state index contributed by atoms with van der Waals surface area (Å²) in [6.45, 7) is 2.69. The normalized spacial score (nSPS) is 16.4. The van der Waals surface area contributed by atoms with Gasteiger partial charge in [0.2, 0.25) is 0 Å². The van der Waals surface area contributed by atoms with Crippen molar-refractivity contribution in [3.8, 4) is 0 Å². The van der Waals surface area contributed by atoms with E-state index < -0.39 is 12.0 Å². The van der Waals surface area contributed by atoms with Crippen LogP contribution in [0.15, 0.2) is 60.7 Å². The maximum Gasteiger partial charge on any atom is 0.326 e. The molecule has 3 aromatic carbocycles. The zero-order valence-electron chi connectivity index (χ0n) is 13.6. The summed E-state index contributed by atoms with van der Waals surface area (Å²) in [5, 5.41) is 12.0. The van der Waals surface area contributed by atoms with Crippen LogP contribution in [0.25, 0.3) is 10.8 Å². The number of hydrogen-bond acceptors (Lipinski definition) is 2. The van der Waals surface area contributed by atoms with E-state index in [1.54, 1.807) is 0 Å². The molecule has 0 spiro atoms. The van der Waals surface area contributed by atoms with Crippen molar-refractivity contribution >= 4 is 22.4 Å². The van der Waals surface area contributed by atoms with Crippen LogP contribution in [0.3, 0.4) is 0 Å². The van der Waals surface area contributed by atoms with E-state index in [0.29, 0.717) is 13.0 Å². The summed E-state index contributed by atoms with van der Waals surface area (Å²) >= 11 is 0. The van der Waals surface area contributed by atoms with Crippen LogP contribution in [0.2, 0.25) is 0 Å². The minimum absolute atomic E-state index is 0.498. The average molecular weight is 317 g/mol. The number of carbonyl (C=O) groups is 1. The van der Waals surface area contributed by atoms with Gasteiger partial charge < -0.3 is 10.0 Å². The first-order valence-corrected chi connectivity index (χ1v) is 8.19. The van der Waals surface area contributed by atoms with Gasteiger partial charge in [0.25, 0.3) is 0 Å². The van der Waals surface area contributed by atoms with Crippen molar-refractivity contribution in [1.82, 2.24) is 0 Å². The van der Waals surface area contributed by atoms with Crippen molar-refractivity contribution in [1.29, 1.82) is 0 Å². The Kier molecular flexibility index (Phi) is 3.49. The lowest BCUT2D eigenvalue weighted by molar-refractivity contribution is -0.138. The summed E-state index contributed by atoms with van der Waals surface area (Å²) < 4.78 is 0. The number of nitrogens with zero attached hydrogens (tertiary/aromatic N) is 1. The summed E-state index contributed by atoms with van der Waals surface area (Å²) in [5.41, 5.74) is 4.53. The lowest BCUT2D eigenvalue weighted by Gasteiger charge is -2.25. The van der Waals surface area contributed by atoms with Crippen molar-refractivity contribution < 1.29 is 9.90 Å². The van der Waals surface area contributed by atoms with Crippen LogP contribution in [0.1, 0.15) is 16.7 Å². The molecule has 0 amide bonds. The quantitative estimate of drug-likeness (QED) is 0.788. The molecule has 1 atom stereocenters. The molecule has 0 bridgehead atoms. The van der Waals surface area contributed by atoms with E-state index in [1.165, 1.54) is 21.9 Å². The number of hydrogen-bond donors (Lipinski definition) is 1. The van der Waals surface area contributed by atoms with E-state index in [2.05, 4.69) is 37.3 Å². The number of fused-ring (bicyclic) bond motifs is 2. The van der Waals surface area contributed by atoms with Crippen LogP contribution in [0, 0.1) is 6.92 Å². The monoisotopic (exact) mass is 317 g/mol. The molecule has 3 nitrogen and oxygen atoms in total. The zero-order valence-corrected chi connectivity index (χ0v) is 13.6. The highest BCUT2D eigenvalue weighted by atomic mass is 16.4. The van der Waals surface area contributed by atoms with Gasteiger partial charge in [-0.3, -0.25) is 0 Å². The molecular formula is C21H19NO2. The number of para-hydroxylation sites is 1. The third-order valence-electron chi connectivity index (χ3n) is 4.84. The first kappa shape index (κ1) is 14.8. The molecule has 3 heteroatoms. The van der Waals surface area contributed by atoms with E-state index in [4.69, 9.17) is 0 Å². The van der Waals surface area contributed by atoms with Crippen molar-refractivity contribution in [3.05, 3.63) is 77.4 Å². The second-order valence-corrected chi connectivity index (χ2v) is 6.46. The molecule has 0 aromatic heterocycles. The number of aryl methyl sites for hydroxylation is 1.